The number of benzene rings is 1. The Kier molecular flexibility index (Phi) is 4.86. The predicted octanol–water partition coefficient (Wildman–Crippen LogP) is -0.152. The average molecular weight is 394 g/mol. The van der Waals surface area contributed by atoms with E-state index in [9.17, 15) is 36.0 Å². The zero-order valence-electron chi connectivity index (χ0n) is 13.4. The van der Waals surface area contributed by atoms with Crippen molar-refractivity contribution < 1.29 is 26.4 Å². The van der Waals surface area contributed by atoms with Crippen LogP contribution < -0.4 is 21.4 Å². The molecule has 2 aromatic rings. The maximum Gasteiger partial charge on any atom is 0.416 e. The van der Waals surface area contributed by atoms with Crippen molar-refractivity contribution in [1.82, 2.24) is 15.0 Å². The highest BCUT2D eigenvalue weighted by atomic mass is 32.2. The van der Waals surface area contributed by atoms with E-state index < -0.39 is 56.5 Å². The van der Waals surface area contributed by atoms with Gasteiger partial charge in [0.15, 0.2) is 0 Å². The van der Waals surface area contributed by atoms with E-state index in [4.69, 9.17) is 0 Å². The maximum atomic E-state index is 13.2. The van der Waals surface area contributed by atoms with Gasteiger partial charge >= 0.3 is 11.9 Å². The van der Waals surface area contributed by atoms with Crippen LogP contribution in [0.5, 0.6) is 0 Å². The molecular weight excluding hydrogens is 381 g/mol. The third-order valence-electron chi connectivity index (χ3n) is 3.21. The van der Waals surface area contributed by atoms with Gasteiger partial charge in [-0.3, -0.25) is 9.59 Å². The lowest BCUT2D eigenvalue weighted by molar-refractivity contribution is -0.138. The largest absolute Gasteiger partial charge is 0.416 e. The number of sulfonamides is 1. The smallest absolute Gasteiger partial charge is 0.352 e. The van der Waals surface area contributed by atoms with Crippen LogP contribution in [0.2, 0.25) is 0 Å². The molecule has 0 saturated carbocycles. The summed E-state index contributed by atoms with van der Waals surface area (Å²) in [6.45, 7) is 0.590. The van der Waals surface area contributed by atoms with Gasteiger partial charge in [0.25, 0.3) is 5.56 Å². The molecule has 3 N–H and O–H groups in total. The number of halogens is 3. The van der Waals surface area contributed by atoms with Gasteiger partial charge in [-0.05, 0) is 17.7 Å². The number of hydrogen-bond donors (Lipinski definition) is 3. The molecule has 0 bridgehead atoms. The minimum Gasteiger partial charge on any atom is -0.352 e. The summed E-state index contributed by atoms with van der Waals surface area (Å²) in [4.78, 5) is 38.8. The topological polar surface area (TPSA) is 130 Å². The maximum absolute atomic E-state index is 13.2. The molecule has 0 unspecified atom stereocenters. The number of amides is 1. The number of nitrogens with one attached hydrogen (secondary N) is 3. The van der Waals surface area contributed by atoms with Gasteiger partial charge in [-0.15, -0.1) is 0 Å². The van der Waals surface area contributed by atoms with Crippen molar-refractivity contribution in [3.63, 3.8) is 0 Å². The number of H-pyrrole nitrogens is 1. The molecule has 9 nitrogen and oxygen atoms in total. The summed E-state index contributed by atoms with van der Waals surface area (Å²) in [7, 11) is -4.00. The Morgan fingerprint density at radius 2 is 1.88 bits per heavy atom. The number of hydrogen-bond acceptors (Lipinski definition) is 5. The van der Waals surface area contributed by atoms with Crippen LogP contribution in [0.4, 0.5) is 13.2 Å². The second kappa shape index (κ2) is 6.48. The lowest BCUT2D eigenvalue weighted by Gasteiger charge is -2.15. The van der Waals surface area contributed by atoms with E-state index >= 15 is 0 Å². The van der Waals surface area contributed by atoms with Crippen molar-refractivity contribution in [2.45, 2.75) is 19.6 Å². The molecular formula is C13H13F3N4O5S. The summed E-state index contributed by atoms with van der Waals surface area (Å²) in [5.74, 6) is -0.587. The van der Waals surface area contributed by atoms with Crippen LogP contribution in [-0.2, 0) is 27.5 Å². The van der Waals surface area contributed by atoms with Crippen LogP contribution in [0.15, 0.2) is 21.7 Å². The lowest BCUT2D eigenvalue weighted by atomic mass is 10.0. The lowest BCUT2D eigenvalue weighted by Crippen LogP contribution is -2.43. The van der Waals surface area contributed by atoms with Crippen LogP contribution in [-0.4, -0.2) is 30.2 Å². The SMILES string of the molecule is CC(=O)NCc1cc2c(=O)n(NS(C)(=O)=O)c(=O)[nH]c2cc1C(F)(F)F. The first-order valence-electron chi connectivity index (χ1n) is 6.91. The van der Waals surface area contributed by atoms with Crippen LogP contribution in [0.1, 0.15) is 18.1 Å². The number of fused-ring (bicyclic) bond motifs is 1. The molecule has 1 aromatic heterocycles. The Labute approximate surface area is 143 Å². The summed E-state index contributed by atoms with van der Waals surface area (Å²) < 4.78 is 62.3. The zero-order chi connectivity index (χ0) is 19.9. The quantitative estimate of drug-likeness (QED) is 0.664. The van der Waals surface area contributed by atoms with Gasteiger partial charge in [-0.25, -0.2) is 18.0 Å². The van der Waals surface area contributed by atoms with Gasteiger partial charge in [0, 0.05) is 13.5 Å². The van der Waals surface area contributed by atoms with Crippen molar-refractivity contribution in [3.05, 3.63) is 44.1 Å². The highest BCUT2D eigenvalue weighted by Gasteiger charge is 2.34. The molecule has 1 amide bonds. The van der Waals surface area contributed by atoms with E-state index in [1.54, 1.807) is 4.83 Å². The molecule has 0 radical (unpaired) electrons. The van der Waals surface area contributed by atoms with E-state index in [0.29, 0.717) is 12.3 Å². The van der Waals surface area contributed by atoms with Crippen LogP contribution in [0.3, 0.4) is 0 Å². The molecule has 0 aliphatic rings. The molecule has 142 valence electrons. The summed E-state index contributed by atoms with van der Waals surface area (Å²) >= 11 is 0. The molecule has 13 heteroatoms. The summed E-state index contributed by atoms with van der Waals surface area (Å²) in [6, 6.07) is 1.40. The molecule has 0 atom stereocenters. The number of aromatic nitrogens is 2. The van der Waals surface area contributed by atoms with Crippen LogP contribution in [0.25, 0.3) is 10.9 Å². The number of alkyl halides is 3. The molecule has 0 spiro atoms. The van der Waals surface area contributed by atoms with E-state index in [0.717, 1.165) is 13.0 Å². The molecule has 0 saturated heterocycles. The molecule has 1 aromatic carbocycles. The van der Waals surface area contributed by atoms with Crippen molar-refractivity contribution in [2.24, 2.45) is 0 Å². The second-order valence-corrected chi connectivity index (χ2v) is 7.12. The molecule has 0 aliphatic carbocycles. The zero-order valence-corrected chi connectivity index (χ0v) is 14.2. The minimum atomic E-state index is -4.81. The monoisotopic (exact) mass is 394 g/mol. The number of nitrogens with zero attached hydrogens (tertiary/aromatic N) is 1. The van der Waals surface area contributed by atoms with Gasteiger partial charge in [0.1, 0.15) is 0 Å². The second-order valence-electron chi connectivity index (χ2n) is 5.40. The third-order valence-corrected chi connectivity index (χ3v) is 3.73. The van der Waals surface area contributed by atoms with Gasteiger partial charge in [0.2, 0.25) is 15.9 Å². The Morgan fingerprint density at radius 1 is 1.27 bits per heavy atom. The van der Waals surface area contributed by atoms with Crippen molar-refractivity contribution in [1.29, 1.82) is 0 Å². The molecule has 1 heterocycles. The number of carbonyl (C=O) groups excluding carboxylic acids is 1. The fourth-order valence-corrected chi connectivity index (χ4v) is 2.68. The Bertz CT molecular complexity index is 1100. The van der Waals surface area contributed by atoms with Gasteiger partial charge in [-0.1, -0.05) is 0 Å². The molecule has 0 aliphatic heterocycles. The summed E-state index contributed by atoms with van der Waals surface area (Å²) in [5, 5.41) is 1.82. The number of rotatable bonds is 4. The standard InChI is InChI=1S/C13H13F3N4O5S/c1-6(21)17-5-7-3-8-10(4-9(7)13(14,15)16)18-12(23)20(11(8)22)19-26(2,24)25/h3-4,19H,5H2,1-2H3,(H,17,21)(H,18,23). The van der Waals surface area contributed by atoms with Gasteiger partial charge in [0.05, 0.1) is 22.7 Å². The third kappa shape index (κ3) is 4.22. The van der Waals surface area contributed by atoms with E-state index in [1.165, 1.54) is 0 Å². The van der Waals surface area contributed by atoms with Crippen LogP contribution >= 0.6 is 0 Å². The van der Waals surface area contributed by atoms with Gasteiger partial charge < -0.3 is 10.3 Å². The highest BCUT2D eigenvalue weighted by Crippen LogP contribution is 2.33. The number of aromatic amines is 1. The number of carbonyl (C=O) groups is 1. The summed E-state index contributed by atoms with van der Waals surface area (Å²) in [6.07, 6.45) is -4.11. The van der Waals surface area contributed by atoms with Crippen molar-refractivity contribution >= 4 is 26.8 Å². The fraction of sp³-hybridized carbons (Fsp3) is 0.308. The molecule has 2 rings (SSSR count). The fourth-order valence-electron chi connectivity index (χ4n) is 2.19. The van der Waals surface area contributed by atoms with Gasteiger partial charge in [-0.2, -0.15) is 17.8 Å². The van der Waals surface area contributed by atoms with E-state index in [1.807, 2.05) is 4.98 Å². The Balaban J connectivity index is 2.79. The predicted molar refractivity (Wildman–Crippen MR) is 85.6 cm³/mol. The summed E-state index contributed by atoms with van der Waals surface area (Å²) in [5.41, 5.74) is -4.41. The van der Waals surface area contributed by atoms with Crippen LogP contribution in [0, 0.1) is 0 Å². The first kappa shape index (κ1) is 19.5. The first-order chi connectivity index (χ1) is 11.8. The van der Waals surface area contributed by atoms with Crippen molar-refractivity contribution in [2.75, 3.05) is 11.1 Å². The first-order valence-corrected chi connectivity index (χ1v) is 8.80. The normalized spacial score (nSPS) is 12.2. The van der Waals surface area contributed by atoms with Crippen molar-refractivity contribution in [3.8, 4) is 0 Å². The minimum absolute atomic E-state index is 0.132. The molecule has 26 heavy (non-hydrogen) atoms. The Morgan fingerprint density at radius 3 is 2.38 bits per heavy atom. The highest BCUT2D eigenvalue weighted by molar-refractivity contribution is 7.91. The Hall–Kier alpha value is -2.83. The molecule has 0 fully saturated rings. The average Bonchev–Trinajstić information content (AvgIpc) is 2.47. The van der Waals surface area contributed by atoms with E-state index in [2.05, 4.69) is 5.32 Å². The van der Waals surface area contributed by atoms with E-state index in [-0.39, 0.29) is 10.1 Å².